The number of hydrogen-bond acceptors (Lipinski definition) is 4. The second-order valence-electron chi connectivity index (χ2n) is 4.80. The van der Waals surface area contributed by atoms with Gasteiger partial charge < -0.3 is 5.73 Å². The van der Waals surface area contributed by atoms with Crippen molar-refractivity contribution in [2.24, 2.45) is 5.41 Å². The fourth-order valence-electron chi connectivity index (χ4n) is 1.91. The fraction of sp³-hybridized carbons (Fsp3) is 0.364. The Morgan fingerprint density at radius 2 is 2.00 bits per heavy atom. The molecule has 0 saturated carbocycles. The minimum atomic E-state index is -3.59. The average Bonchev–Trinajstić information content (AvgIpc) is 2.31. The molecule has 92 valence electrons. The van der Waals surface area contributed by atoms with Crippen LogP contribution in [0.3, 0.4) is 0 Å². The summed E-state index contributed by atoms with van der Waals surface area (Å²) < 4.78 is 24.8. The Labute approximate surface area is 100 Å². The van der Waals surface area contributed by atoms with Gasteiger partial charge in [-0.1, -0.05) is 6.07 Å². The first-order valence-electron chi connectivity index (χ1n) is 5.17. The van der Waals surface area contributed by atoms with Crippen molar-refractivity contribution in [3.05, 3.63) is 24.3 Å². The van der Waals surface area contributed by atoms with Gasteiger partial charge in [0.05, 0.1) is 16.9 Å². The molecule has 0 bridgehead atoms. The van der Waals surface area contributed by atoms with Crippen LogP contribution in [0.2, 0.25) is 0 Å². The molecule has 1 amide bonds. The van der Waals surface area contributed by atoms with E-state index in [1.807, 2.05) is 0 Å². The van der Waals surface area contributed by atoms with Gasteiger partial charge in [0.25, 0.3) is 0 Å². The maximum absolute atomic E-state index is 12.1. The third-order valence-corrected chi connectivity index (χ3v) is 4.71. The highest BCUT2D eigenvalue weighted by Crippen LogP contribution is 2.36. The Balaban J connectivity index is 2.56. The van der Waals surface area contributed by atoms with Crippen LogP contribution in [0.15, 0.2) is 24.3 Å². The van der Waals surface area contributed by atoms with E-state index < -0.39 is 21.3 Å². The van der Waals surface area contributed by atoms with Crippen LogP contribution in [-0.2, 0) is 14.8 Å². The number of nitrogen functional groups attached to an aromatic ring is 1. The van der Waals surface area contributed by atoms with Crippen LogP contribution in [0.4, 0.5) is 11.4 Å². The van der Waals surface area contributed by atoms with Crippen LogP contribution in [0.25, 0.3) is 0 Å². The van der Waals surface area contributed by atoms with E-state index >= 15 is 0 Å². The van der Waals surface area contributed by atoms with E-state index in [0.29, 0.717) is 11.4 Å². The third-order valence-electron chi connectivity index (χ3n) is 2.69. The predicted molar refractivity (Wildman–Crippen MR) is 65.9 cm³/mol. The van der Waals surface area contributed by atoms with E-state index in [1.165, 1.54) is 6.07 Å². The Hall–Kier alpha value is -1.56. The number of sulfonamides is 1. The van der Waals surface area contributed by atoms with Crippen LogP contribution >= 0.6 is 0 Å². The summed E-state index contributed by atoms with van der Waals surface area (Å²) in [5.41, 5.74) is 5.44. The summed E-state index contributed by atoms with van der Waals surface area (Å²) in [5, 5.41) is 0. The number of nitrogens with two attached hydrogens (primary N) is 1. The predicted octanol–water partition coefficient (Wildman–Crippen LogP) is 0.971. The molecule has 2 N–H and O–H groups in total. The van der Waals surface area contributed by atoms with Gasteiger partial charge in [-0.3, -0.25) is 4.79 Å². The molecule has 0 aliphatic carbocycles. The average molecular weight is 254 g/mol. The number of nitrogens with zero attached hydrogens (tertiary/aromatic N) is 1. The van der Waals surface area contributed by atoms with E-state index in [0.717, 1.165) is 4.31 Å². The minimum absolute atomic E-state index is 0.173. The van der Waals surface area contributed by atoms with E-state index in [9.17, 15) is 13.2 Å². The standard InChI is InChI=1S/C11H14N2O3S/c1-11(2)7-17(15,16)13(10(11)14)9-5-3-4-8(12)6-9/h3-6H,7,12H2,1-2H3. The van der Waals surface area contributed by atoms with Crippen molar-refractivity contribution < 1.29 is 13.2 Å². The maximum atomic E-state index is 12.1. The van der Waals surface area contributed by atoms with Crippen molar-refractivity contribution in [1.29, 1.82) is 0 Å². The van der Waals surface area contributed by atoms with E-state index in [-0.39, 0.29) is 5.75 Å². The summed E-state index contributed by atoms with van der Waals surface area (Å²) in [7, 11) is -3.59. The molecule has 2 rings (SSSR count). The van der Waals surface area contributed by atoms with Crippen molar-refractivity contribution in [1.82, 2.24) is 0 Å². The van der Waals surface area contributed by atoms with Gasteiger partial charge in [-0.15, -0.1) is 0 Å². The SMILES string of the molecule is CC1(C)CS(=O)(=O)N(c2cccc(N)c2)C1=O. The fourth-order valence-corrected chi connectivity index (χ4v) is 4.01. The summed E-state index contributed by atoms with van der Waals surface area (Å²) in [5.74, 6) is -0.587. The number of carbonyl (C=O) groups excluding carboxylic acids is 1. The quantitative estimate of drug-likeness (QED) is 0.757. The molecule has 0 spiro atoms. The van der Waals surface area contributed by atoms with Gasteiger partial charge in [0.1, 0.15) is 0 Å². The van der Waals surface area contributed by atoms with Crippen LogP contribution in [-0.4, -0.2) is 20.1 Å². The lowest BCUT2D eigenvalue weighted by molar-refractivity contribution is -0.123. The molecule has 0 unspecified atom stereocenters. The van der Waals surface area contributed by atoms with Gasteiger partial charge >= 0.3 is 0 Å². The molecule has 1 heterocycles. The Morgan fingerprint density at radius 1 is 1.35 bits per heavy atom. The molecular weight excluding hydrogens is 240 g/mol. The lowest BCUT2D eigenvalue weighted by Crippen LogP contribution is -2.32. The van der Waals surface area contributed by atoms with E-state index in [1.54, 1.807) is 32.0 Å². The molecule has 1 aromatic carbocycles. The molecule has 0 aromatic heterocycles. The lowest BCUT2D eigenvalue weighted by atomic mass is 9.95. The molecule has 17 heavy (non-hydrogen) atoms. The molecule has 1 aliphatic heterocycles. The van der Waals surface area contributed by atoms with Crippen LogP contribution < -0.4 is 10.0 Å². The summed E-state index contributed by atoms with van der Waals surface area (Å²) in [6.07, 6.45) is 0. The van der Waals surface area contributed by atoms with Gasteiger partial charge in [0, 0.05) is 5.69 Å². The van der Waals surface area contributed by atoms with Gasteiger partial charge in [-0.25, -0.2) is 12.7 Å². The number of rotatable bonds is 1. The summed E-state index contributed by atoms with van der Waals surface area (Å²) in [4.78, 5) is 12.1. The first-order chi connectivity index (χ1) is 7.74. The zero-order chi connectivity index (χ0) is 12.8. The smallest absolute Gasteiger partial charge is 0.247 e. The number of carbonyl (C=O) groups is 1. The minimum Gasteiger partial charge on any atom is -0.399 e. The monoisotopic (exact) mass is 254 g/mol. The third kappa shape index (κ3) is 1.88. The summed E-state index contributed by atoms with van der Waals surface area (Å²) in [6.45, 7) is 3.25. The number of amides is 1. The Morgan fingerprint density at radius 3 is 2.47 bits per heavy atom. The Kier molecular flexibility index (Phi) is 2.43. The summed E-state index contributed by atoms with van der Waals surface area (Å²) >= 11 is 0. The Bertz CT molecular complexity index is 578. The molecule has 5 nitrogen and oxygen atoms in total. The molecule has 0 atom stereocenters. The lowest BCUT2D eigenvalue weighted by Gasteiger charge is -2.17. The van der Waals surface area contributed by atoms with E-state index in [4.69, 9.17) is 5.73 Å². The zero-order valence-electron chi connectivity index (χ0n) is 9.67. The molecule has 6 heteroatoms. The highest BCUT2D eigenvalue weighted by molar-refractivity contribution is 7.94. The number of hydrogen-bond donors (Lipinski definition) is 1. The van der Waals surface area contributed by atoms with Crippen molar-refractivity contribution in [2.45, 2.75) is 13.8 Å². The van der Waals surface area contributed by atoms with E-state index in [2.05, 4.69) is 0 Å². The molecule has 1 fully saturated rings. The van der Waals surface area contributed by atoms with Crippen molar-refractivity contribution in [2.75, 3.05) is 15.8 Å². The summed E-state index contributed by atoms with van der Waals surface area (Å²) in [6, 6.07) is 6.31. The molecule has 1 aliphatic rings. The molecular formula is C11H14N2O3S. The molecule has 1 aromatic rings. The first kappa shape index (κ1) is 11.9. The second kappa shape index (κ2) is 3.46. The highest BCUT2D eigenvalue weighted by Gasteiger charge is 2.49. The topological polar surface area (TPSA) is 80.5 Å². The van der Waals surface area contributed by atoms with Gasteiger partial charge in [-0.05, 0) is 32.0 Å². The van der Waals surface area contributed by atoms with Gasteiger partial charge in [-0.2, -0.15) is 0 Å². The molecule has 1 saturated heterocycles. The molecule has 0 radical (unpaired) electrons. The number of anilines is 2. The largest absolute Gasteiger partial charge is 0.399 e. The van der Waals surface area contributed by atoms with Crippen molar-refractivity contribution in [3.63, 3.8) is 0 Å². The zero-order valence-corrected chi connectivity index (χ0v) is 10.5. The number of benzene rings is 1. The highest BCUT2D eigenvalue weighted by atomic mass is 32.2. The van der Waals surface area contributed by atoms with Crippen molar-refractivity contribution in [3.8, 4) is 0 Å². The van der Waals surface area contributed by atoms with Crippen LogP contribution in [0.5, 0.6) is 0 Å². The first-order valence-corrected chi connectivity index (χ1v) is 6.78. The van der Waals surface area contributed by atoms with Crippen LogP contribution in [0, 0.1) is 5.41 Å². The normalized spacial score (nSPS) is 21.8. The second-order valence-corrected chi connectivity index (χ2v) is 6.62. The van der Waals surface area contributed by atoms with Crippen LogP contribution in [0.1, 0.15) is 13.8 Å². The van der Waals surface area contributed by atoms with Gasteiger partial charge in [0.15, 0.2) is 0 Å². The van der Waals surface area contributed by atoms with Gasteiger partial charge in [0.2, 0.25) is 15.9 Å². The maximum Gasteiger partial charge on any atom is 0.247 e. The van der Waals surface area contributed by atoms with Crippen molar-refractivity contribution >= 4 is 27.3 Å².